The van der Waals surface area contributed by atoms with E-state index in [1.54, 1.807) is 4.90 Å². The molecule has 0 aromatic heterocycles. The Bertz CT molecular complexity index is 987. The van der Waals surface area contributed by atoms with Gasteiger partial charge in [-0.05, 0) is 43.5 Å². The van der Waals surface area contributed by atoms with Gasteiger partial charge in [-0.2, -0.15) is 13.2 Å². The summed E-state index contributed by atoms with van der Waals surface area (Å²) in [5, 5.41) is 0. The number of piperidine rings is 1. The van der Waals surface area contributed by atoms with Crippen molar-refractivity contribution in [2.75, 3.05) is 26.8 Å². The minimum Gasteiger partial charge on any atom is -0.496 e. The van der Waals surface area contributed by atoms with Gasteiger partial charge in [0, 0.05) is 38.1 Å². The van der Waals surface area contributed by atoms with Crippen molar-refractivity contribution in [2.45, 2.75) is 56.6 Å². The van der Waals surface area contributed by atoms with Gasteiger partial charge in [0.1, 0.15) is 5.75 Å². The lowest BCUT2D eigenvalue weighted by molar-refractivity contribution is -0.190. The van der Waals surface area contributed by atoms with E-state index < -0.39 is 23.2 Å². The number of benzene rings is 2. The molecule has 0 bridgehead atoms. The number of alkyl halides is 3. The van der Waals surface area contributed by atoms with Gasteiger partial charge in [0.25, 0.3) is 5.91 Å². The SMILES string of the molecule is CCO[C@@H]1C[C@H](c2ccccc2)OC2(CCN(C(=O)c3ccc(OC)c(C(F)(F)F)c3)CC2)C1. The van der Waals surface area contributed by atoms with E-state index in [1.165, 1.54) is 19.2 Å². The first-order chi connectivity index (χ1) is 16.2. The lowest BCUT2D eigenvalue weighted by Crippen LogP contribution is -2.52. The second kappa shape index (κ2) is 9.96. The maximum atomic E-state index is 13.4. The van der Waals surface area contributed by atoms with E-state index in [0.29, 0.717) is 32.5 Å². The molecular formula is C26H30F3NO4. The van der Waals surface area contributed by atoms with Crippen LogP contribution in [0.4, 0.5) is 13.2 Å². The molecule has 0 radical (unpaired) electrons. The van der Waals surface area contributed by atoms with Gasteiger partial charge in [-0.15, -0.1) is 0 Å². The predicted octanol–water partition coefficient (Wildman–Crippen LogP) is 5.65. The number of amides is 1. The van der Waals surface area contributed by atoms with Crippen LogP contribution in [0.25, 0.3) is 0 Å². The fourth-order valence-corrected chi connectivity index (χ4v) is 5.05. The van der Waals surface area contributed by atoms with Crippen molar-refractivity contribution < 1.29 is 32.2 Å². The van der Waals surface area contributed by atoms with E-state index in [4.69, 9.17) is 14.2 Å². The highest BCUT2D eigenvalue weighted by molar-refractivity contribution is 5.94. The van der Waals surface area contributed by atoms with Crippen LogP contribution in [-0.2, 0) is 15.7 Å². The fourth-order valence-electron chi connectivity index (χ4n) is 5.05. The molecule has 0 unspecified atom stereocenters. The van der Waals surface area contributed by atoms with E-state index in [9.17, 15) is 18.0 Å². The van der Waals surface area contributed by atoms with Crippen LogP contribution >= 0.6 is 0 Å². The Morgan fingerprint density at radius 3 is 2.47 bits per heavy atom. The Balaban J connectivity index is 1.49. The molecule has 2 atom stereocenters. The van der Waals surface area contributed by atoms with E-state index in [0.717, 1.165) is 24.5 Å². The standard InChI is InChI=1S/C26H30F3NO4/c1-3-33-20-16-23(18-7-5-4-6-8-18)34-25(17-20)11-13-30(14-12-25)24(31)19-9-10-22(32-2)21(15-19)26(27,28)29/h4-10,15,20,23H,3,11-14,16-17H2,1-2H3/t20-,23-/m1/s1. The largest absolute Gasteiger partial charge is 0.496 e. The highest BCUT2D eigenvalue weighted by Crippen LogP contribution is 2.44. The summed E-state index contributed by atoms with van der Waals surface area (Å²) >= 11 is 0. The Labute approximate surface area is 197 Å². The molecule has 0 aliphatic carbocycles. The van der Waals surface area contributed by atoms with E-state index in [2.05, 4.69) is 0 Å². The van der Waals surface area contributed by atoms with Crippen molar-refractivity contribution in [3.8, 4) is 5.75 Å². The molecule has 2 aliphatic rings. The molecule has 184 valence electrons. The molecule has 2 aliphatic heterocycles. The van der Waals surface area contributed by atoms with Crippen LogP contribution in [0.2, 0.25) is 0 Å². The summed E-state index contributed by atoms with van der Waals surface area (Å²) in [6.07, 6.45) is -1.92. The molecule has 1 spiro atoms. The summed E-state index contributed by atoms with van der Waals surface area (Å²) in [5.74, 6) is -0.717. The molecular weight excluding hydrogens is 447 g/mol. The van der Waals surface area contributed by atoms with Crippen LogP contribution in [0.5, 0.6) is 5.75 Å². The molecule has 2 aromatic rings. The molecule has 2 heterocycles. The maximum absolute atomic E-state index is 13.4. The topological polar surface area (TPSA) is 48.0 Å². The molecule has 2 fully saturated rings. The molecule has 2 aromatic carbocycles. The summed E-state index contributed by atoms with van der Waals surface area (Å²) < 4.78 is 57.7. The van der Waals surface area contributed by atoms with Crippen molar-refractivity contribution in [2.24, 2.45) is 0 Å². The Morgan fingerprint density at radius 1 is 1.15 bits per heavy atom. The Morgan fingerprint density at radius 2 is 1.85 bits per heavy atom. The first-order valence-corrected chi connectivity index (χ1v) is 11.6. The van der Waals surface area contributed by atoms with E-state index >= 15 is 0 Å². The van der Waals surface area contributed by atoms with Crippen LogP contribution in [0.15, 0.2) is 48.5 Å². The van der Waals surface area contributed by atoms with Crippen LogP contribution in [0.3, 0.4) is 0 Å². The maximum Gasteiger partial charge on any atom is 0.419 e. The lowest BCUT2D eigenvalue weighted by atomic mass is 9.80. The third-order valence-electron chi connectivity index (χ3n) is 6.76. The number of rotatable bonds is 5. The van der Waals surface area contributed by atoms with Crippen LogP contribution in [0, 0.1) is 0 Å². The number of ether oxygens (including phenoxy) is 3. The normalized spacial score (nSPS) is 22.6. The first-order valence-electron chi connectivity index (χ1n) is 11.6. The van der Waals surface area contributed by atoms with Crippen LogP contribution < -0.4 is 4.74 Å². The third kappa shape index (κ3) is 5.23. The Hall–Kier alpha value is -2.58. The molecule has 34 heavy (non-hydrogen) atoms. The molecule has 0 N–H and O–H groups in total. The highest BCUT2D eigenvalue weighted by Gasteiger charge is 2.45. The van der Waals surface area contributed by atoms with E-state index in [1.807, 2.05) is 37.3 Å². The van der Waals surface area contributed by atoms with E-state index in [-0.39, 0.29) is 23.5 Å². The van der Waals surface area contributed by atoms with Crippen molar-refractivity contribution in [1.82, 2.24) is 4.90 Å². The number of carbonyl (C=O) groups is 1. The zero-order valence-corrected chi connectivity index (χ0v) is 19.4. The highest BCUT2D eigenvalue weighted by atomic mass is 19.4. The summed E-state index contributed by atoms with van der Waals surface area (Å²) in [6.45, 7) is 3.41. The third-order valence-corrected chi connectivity index (χ3v) is 6.76. The number of methoxy groups -OCH3 is 1. The van der Waals surface area contributed by atoms with Gasteiger partial charge in [0.2, 0.25) is 0 Å². The quantitative estimate of drug-likeness (QED) is 0.559. The molecule has 8 heteroatoms. The average molecular weight is 478 g/mol. The number of halogens is 3. The summed E-state index contributed by atoms with van der Waals surface area (Å²) in [4.78, 5) is 14.7. The molecule has 1 amide bonds. The minimum atomic E-state index is -4.61. The zero-order chi connectivity index (χ0) is 24.3. The van der Waals surface area contributed by atoms with Gasteiger partial charge in [-0.25, -0.2) is 0 Å². The molecule has 4 rings (SSSR count). The second-order valence-corrected chi connectivity index (χ2v) is 8.92. The zero-order valence-electron chi connectivity index (χ0n) is 19.4. The van der Waals surface area contributed by atoms with Crippen LogP contribution in [0.1, 0.15) is 60.2 Å². The monoisotopic (exact) mass is 477 g/mol. The number of hydrogen-bond donors (Lipinski definition) is 0. The van der Waals surface area contributed by atoms with Crippen molar-refractivity contribution in [1.29, 1.82) is 0 Å². The summed E-state index contributed by atoms with van der Waals surface area (Å²) in [6, 6.07) is 13.5. The number of likely N-dealkylation sites (tertiary alicyclic amines) is 1. The number of nitrogens with zero attached hydrogens (tertiary/aromatic N) is 1. The fraction of sp³-hybridized carbons (Fsp3) is 0.500. The van der Waals surface area contributed by atoms with Gasteiger partial charge >= 0.3 is 6.18 Å². The van der Waals surface area contributed by atoms with Gasteiger partial charge in [-0.1, -0.05) is 30.3 Å². The van der Waals surface area contributed by atoms with Crippen molar-refractivity contribution in [3.63, 3.8) is 0 Å². The number of carbonyl (C=O) groups excluding carboxylic acids is 1. The Kier molecular flexibility index (Phi) is 7.19. The first kappa shape index (κ1) is 24.5. The minimum absolute atomic E-state index is 0.00277. The summed E-state index contributed by atoms with van der Waals surface area (Å²) in [7, 11) is 1.18. The average Bonchev–Trinajstić information content (AvgIpc) is 2.83. The van der Waals surface area contributed by atoms with Gasteiger partial charge in [0.15, 0.2) is 0 Å². The second-order valence-electron chi connectivity index (χ2n) is 8.92. The molecule has 0 saturated carbocycles. The van der Waals surface area contributed by atoms with Crippen molar-refractivity contribution >= 4 is 5.91 Å². The molecule has 5 nitrogen and oxygen atoms in total. The smallest absolute Gasteiger partial charge is 0.419 e. The van der Waals surface area contributed by atoms with Crippen molar-refractivity contribution in [3.05, 3.63) is 65.2 Å². The van der Waals surface area contributed by atoms with Crippen LogP contribution in [-0.4, -0.2) is 49.3 Å². The predicted molar refractivity (Wildman–Crippen MR) is 121 cm³/mol. The number of hydrogen-bond acceptors (Lipinski definition) is 4. The van der Waals surface area contributed by atoms with Gasteiger partial charge in [-0.3, -0.25) is 4.79 Å². The van der Waals surface area contributed by atoms with Gasteiger partial charge < -0.3 is 19.1 Å². The lowest BCUT2D eigenvalue weighted by Gasteiger charge is -2.48. The molecule has 2 saturated heterocycles. The van der Waals surface area contributed by atoms with Gasteiger partial charge in [0.05, 0.1) is 30.5 Å². The summed E-state index contributed by atoms with van der Waals surface area (Å²) in [5.41, 5.74) is -0.271.